The van der Waals surface area contributed by atoms with Crippen molar-refractivity contribution in [3.63, 3.8) is 0 Å². The van der Waals surface area contributed by atoms with Crippen LogP contribution in [-0.2, 0) is 27.2 Å². The van der Waals surface area contributed by atoms with E-state index in [1.807, 2.05) is 0 Å². The normalized spacial score (nSPS) is 14.0. The smallest absolute Gasteiger partial charge is 0.341 e. The number of non-ortho nitro benzene ring substituents is 1. The van der Waals surface area contributed by atoms with Crippen LogP contribution in [0.15, 0.2) is 89.5 Å². The van der Waals surface area contributed by atoms with Crippen molar-refractivity contribution in [2.24, 2.45) is 5.92 Å². The van der Waals surface area contributed by atoms with Crippen molar-refractivity contribution in [1.29, 1.82) is 0 Å². The van der Waals surface area contributed by atoms with Crippen LogP contribution in [0.25, 0.3) is 6.08 Å². The van der Waals surface area contributed by atoms with E-state index in [1.54, 1.807) is 54.6 Å². The maximum atomic E-state index is 13.4. The van der Waals surface area contributed by atoms with Gasteiger partial charge in [-0.15, -0.1) is 23.1 Å². The SMILES string of the molecule is COC(=O)c1c(NC(=O)CSc2cccc(NC(=O)/C(=C\c3ccc([N+](=O)[O-])cc3)NC(=O)c3ccccc3)c2)sc2c1CCC(C)C2. The third-order valence-corrected chi connectivity index (χ3v) is 9.72. The molecule has 3 aromatic carbocycles. The molecule has 11 nitrogen and oxygen atoms in total. The van der Waals surface area contributed by atoms with Crippen LogP contribution in [-0.4, -0.2) is 41.5 Å². The molecule has 0 aliphatic heterocycles. The molecule has 3 amide bonds. The van der Waals surface area contributed by atoms with Gasteiger partial charge in [0, 0.05) is 33.2 Å². The average molecular weight is 685 g/mol. The molecule has 4 aromatic rings. The largest absolute Gasteiger partial charge is 0.465 e. The molecule has 1 aliphatic rings. The molecule has 0 spiro atoms. The van der Waals surface area contributed by atoms with Crippen LogP contribution < -0.4 is 16.0 Å². The van der Waals surface area contributed by atoms with Crippen molar-refractivity contribution >= 4 is 69.2 Å². The molecule has 0 bridgehead atoms. The summed E-state index contributed by atoms with van der Waals surface area (Å²) < 4.78 is 5.02. The van der Waals surface area contributed by atoms with Crippen LogP contribution in [0, 0.1) is 16.0 Å². The number of esters is 1. The zero-order chi connectivity index (χ0) is 34.2. The Hall–Kier alpha value is -5.27. The number of thiophene rings is 1. The Morgan fingerprint density at radius 2 is 1.77 bits per heavy atom. The second-order valence-corrected chi connectivity index (χ2v) is 13.2. The second kappa shape index (κ2) is 15.5. The molecule has 0 fully saturated rings. The van der Waals surface area contributed by atoms with Gasteiger partial charge in [-0.05, 0) is 84.8 Å². The second-order valence-electron chi connectivity index (χ2n) is 11.1. The quantitative estimate of drug-likeness (QED) is 0.0518. The lowest BCUT2D eigenvalue weighted by Gasteiger charge is -2.18. The molecule has 246 valence electrons. The predicted octanol–water partition coefficient (Wildman–Crippen LogP) is 6.71. The molecule has 0 radical (unpaired) electrons. The maximum absolute atomic E-state index is 13.4. The van der Waals surface area contributed by atoms with Gasteiger partial charge >= 0.3 is 5.97 Å². The average Bonchev–Trinajstić information content (AvgIpc) is 3.43. The third kappa shape index (κ3) is 8.55. The van der Waals surface area contributed by atoms with E-state index < -0.39 is 22.7 Å². The van der Waals surface area contributed by atoms with Gasteiger partial charge in [0.25, 0.3) is 17.5 Å². The summed E-state index contributed by atoms with van der Waals surface area (Å²) in [6.07, 6.45) is 4.02. The Balaban J connectivity index is 1.27. The summed E-state index contributed by atoms with van der Waals surface area (Å²) >= 11 is 2.67. The number of nitrogens with zero attached hydrogens (tertiary/aromatic N) is 1. The number of fused-ring (bicyclic) bond motifs is 1. The summed E-state index contributed by atoms with van der Waals surface area (Å²) in [5, 5.41) is 19.9. The number of nitro benzene ring substituents is 1. The van der Waals surface area contributed by atoms with E-state index in [4.69, 9.17) is 4.74 Å². The monoisotopic (exact) mass is 684 g/mol. The summed E-state index contributed by atoms with van der Waals surface area (Å²) in [5.74, 6) is -1.33. The number of hydrogen-bond donors (Lipinski definition) is 3. The van der Waals surface area contributed by atoms with E-state index in [9.17, 15) is 29.3 Å². The van der Waals surface area contributed by atoms with Gasteiger partial charge in [0.2, 0.25) is 5.91 Å². The van der Waals surface area contributed by atoms with Gasteiger partial charge in [0.05, 0.1) is 23.3 Å². The zero-order valence-electron chi connectivity index (χ0n) is 26.1. The minimum absolute atomic E-state index is 0.0510. The topological polar surface area (TPSA) is 157 Å². The summed E-state index contributed by atoms with van der Waals surface area (Å²) in [6.45, 7) is 2.17. The molecule has 0 saturated carbocycles. The summed E-state index contributed by atoms with van der Waals surface area (Å²) in [5.41, 5.74) is 2.43. The van der Waals surface area contributed by atoms with Crippen molar-refractivity contribution in [1.82, 2.24) is 5.32 Å². The predicted molar refractivity (Wildman–Crippen MR) is 186 cm³/mol. The lowest BCUT2D eigenvalue weighted by molar-refractivity contribution is -0.384. The number of nitro groups is 1. The molecule has 1 aromatic heterocycles. The van der Waals surface area contributed by atoms with Gasteiger partial charge in [0.1, 0.15) is 10.7 Å². The number of nitrogens with one attached hydrogen (secondary N) is 3. The molecule has 1 atom stereocenters. The number of hydrogen-bond acceptors (Lipinski definition) is 9. The summed E-state index contributed by atoms with van der Waals surface area (Å²) in [4.78, 5) is 64.3. The van der Waals surface area contributed by atoms with Crippen LogP contribution in [0.4, 0.5) is 16.4 Å². The minimum atomic E-state index is -0.621. The standard InChI is InChI=1S/C35H32N4O7S2/c1-21-11-16-27-29(17-21)48-34(31(27)35(43)46-2)38-30(40)20-47-26-10-6-9-24(19-26)36-33(42)28(37-32(41)23-7-4-3-5-8-23)18-22-12-14-25(15-13-22)39(44)45/h3-10,12-15,18-19,21H,11,16-17,20H2,1-2H3,(H,36,42)(H,37,41)(H,38,40)/b28-18+. The van der Waals surface area contributed by atoms with Crippen molar-refractivity contribution in [2.45, 2.75) is 31.1 Å². The first-order valence-electron chi connectivity index (χ1n) is 15.0. The van der Waals surface area contributed by atoms with E-state index >= 15 is 0 Å². The number of ether oxygens (including phenoxy) is 1. The molecule has 1 unspecified atom stereocenters. The molecule has 3 N–H and O–H groups in total. The van der Waals surface area contributed by atoms with E-state index in [2.05, 4.69) is 22.9 Å². The highest BCUT2D eigenvalue weighted by molar-refractivity contribution is 8.00. The van der Waals surface area contributed by atoms with Crippen LogP contribution in [0.5, 0.6) is 0 Å². The van der Waals surface area contributed by atoms with Crippen LogP contribution in [0.3, 0.4) is 0 Å². The highest BCUT2D eigenvalue weighted by Gasteiger charge is 2.29. The molecule has 0 saturated heterocycles. The fourth-order valence-electron chi connectivity index (χ4n) is 5.13. The van der Waals surface area contributed by atoms with Gasteiger partial charge in [-0.25, -0.2) is 4.79 Å². The minimum Gasteiger partial charge on any atom is -0.465 e. The number of methoxy groups -OCH3 is 1. The fourth-order valence-corrected chi connectivity index (χ4v) is 7.30. The van der Waals surface area contributed by atoms with Crippen molar-refractivity contribution < 1.29 is 28.8 Å². The number of anilines is 2. The first-order chi connectivity index (χ1) is 23.1. The maximum Gasteiger partial charge on any atom is 0.341 e. The Labute approximate surface area is 284 Å². The lowest BCUT2D eigenvalue weighted by atomic mass is 9.88. The highest BCUT2D eigenvalue weighted by Crippen LogP contribution is 2.40. The molecule has 5 rings (SSSR count). The number of benzene rings is 3. The van der Waals surface area contributed by atoms with Crippen LogP contribution in [0.2, 0.25) is 0 Å². The molecule has 1 heterocycles. The Kier molecular flexibility index (Phi) is 11.0. The molecule has 48 heavy (non-hydrogen) atoms. The molecular formula is C35H32N4O7S2. The Bertz CT molecular complexity index is 1890. The third-order valence-electron chi connectivity index (χ3n) is 7.56. The van der Waals surface area contributed by atoms with Gasteiger partial charge < -0.3 is 20.7 Å². The number of amides is 3. The van der Waals surface area contributed by atoms with Gasteiger partial charge in [-0.3, -0.25) is 24.5 Å². The van der Waals surface area contributed by atoms with Gasteiger partial charge in [-0.1, -0.05) is 31.2 Å². The van der Waals surface area contributed by atoms with Crippen molar-refractivity contribution in [2.75, 3.05) is 23.5 Å². The van der Waals surface area contributed by atoms with E-state index in [0.717, 1.165) is 29.7 Å². The number of rotatable bonds is 11. The van der Waals surface area contributed by atoms with Gasteiger partial charge in [-0.2, -0.15) is 0 Å². The fraction of sp³-hybridized carbons (Fsp3) is 0.200. The first kappa shape index (κ1) is 34.1. The Morgan fingerprint density at radius 3 is 2.48 bits per heavy atom. The van der Waals surface area contributed by atoms with E-state index in [0.29, 0.717) is 38.2 Å². The number of thioether (sulfide) groups is 1. The van der Waals surface area contributed by atoms with Crippen molar-refractivity contribution in [3.05, 3.63) is 122 Å². The number of carbonyl (C=O) groups is 4. The van der Waals surface area contributed by atoms with Gasteiger partial charge in [0.15, 0.2) is 0 Å². The number of carbonyl (C=O) groups excluding carboxylic acids is 4. The summed E-state index contributed by atoms with van der Waals surface area (Å²) in [7, 11) is 1.33. The summed E-state index contributed by atoms with van der Waals surface area (Å²) in [6, 6.07) is 20.8. The molecule has 1 aliphatic carbocycles. The Morgan fingerprint density at radius 1 is 1.02 bits per heavy atom. The van der Waals surface area contributed by atoms with E-state index in [-0.39, 0.29) is 23.0 Å². The molecular weight excluding hydrogens is 653 g/mol. The first-order valence-corrected chi connectivity index (χ1v) is 16.8. The highest BCUT2D eigenvalue weighted by atomic mass is 32.2. The molecule has 13 heteroatoms. The lowest BCUT2D eigenvalue weighted by Crippen LogP contribution is -2.30. The zero-order valence-corrected chi connectivity index (χ0v) is 27.7. The van der Waals surface area contributed by atoms with Crippen molar-refractivity contribution in [3.8, 4) is 0 Å². The van der Waals surface area contributed by atoms with E-state index in [1.165, 1.54) is 60.5 Å². The van der Waals surface area contributed by atoms with Crippen LogP contribution >= 0.6 is 23.1 Å². The van der Waals surface area contributed by atoms with Crippen LogP contribution in [0.1, 0.15) is 50.1 Å².